The molecule has 1 aromatic carbocycles. The first kappa shape index (κ1) is 20.3. The number of sulfonamides is 1. The number of nitrogens with one attached hydrogen (secondary N) is 1. The standard InChI is InChI=1S/C20H27N3O5S/c24-19(16-3-2-8-22(14-16)20(25)15-6-7-15)21-17-4-1-5-18(13-17)29(26,27)23-9-11-28-12-10-23/h1,4-5,13,15-16H,2-3,6-12,14H2,(H,21,24). The van der Waals surface area contributed by atoms with Crippen molar-refractivity contribution in [3.8, 4) is 0 Å². The van der Waals surface area contributed by atoms with Crippen molar-refractivity contribution >= 4 is 27.5 Å². The van der Waals surface area contributed by atoms with Gasteiger partial charge >= 0.3 is 0 Å². The van der Waals surface area contributed by atoms with Gasteiger partial charge in [0.25, 0.3) is 0 Å². The molecule has 1 saturated carbocycles. The summed E-state index contributed by atoms with van der Waals surface area (Å²) in [5, 5.41) is 2.85. The number of morpholine rings is 1. The molecule has 9 heteroatoms. The normalized spacial score (nSPS) is 23.6. The summed E-state index contributed by atoms with van der Waals surface area (Å²) in [5.41, 5.74) is 0.454. The Morgan fingerprint density at radius 2 is 1.79 bits per heavy atom. The van der Waals surface area contributed by atoms with E-state index < -0.39 is 10.0 Å². The van der Waals surface area contributed by atoms with Crippen LogP contribution in [0.25, 0.3) is 0 Å². The maximum Gasteiger partial charge on any atom is 0.243 e. The number of piperidine rings is 1. The average molecular weight is 422 g/mol. The van der Waals surface area contributed by atoms with Crippen LogP contribution in [0.4, 0.5) is 5.69 Å². The lowest BCUT2D eigenvalue weighted by Crippen LogP contribution is -2.44. The highest BCUT2D eigenvalue weighted by Crippen LogP contribution is 2.32. The molecule has 2 aliphatic heterocycles. The van der Waals surface area contributed by atoms with Gasteiger partial charge in [0.1, 0.15) is 0 Å². The Hall–Kier alpha value is -1.97. The second-order valence-corrected chi connectivity index (χ2v) is 9.87. The Kier molecular flexibility index (Phi) is 5.89. The number of hydrogen-bond acceptors (Lipinski definition) is 5. The predicted octanol–water partition coefficient (Wildman–Crippen LogP) is 1.29. The molecule has 0 spiro atoms. The second kappa shape index (κ2) is 8.41. The minimum absolute atomic E-state index is 0.152. The van der Waals surface area contributed by atoms with Crippen molar-refractivity contribution in [3.05, 3.63) is 24.3 Å². The number of carbonyl (C=O) groups excluding carboxylic acids is 2. The largest absolute Gasteiger partial charge is 0.379 e. The van der Waals surface area contributed by atoms with Crippen LogP contribution in [0.5, 0.6) is 0 Å². The molecule has 2 heterocycles. The van der Waals surface area contributed by atoms with Gasteiger partial charge in [-0.2, -0.15) is 4.31 Å². The minimum Gasteiger partial charge on any atom is -0.379 e. The highest BCUT2D eigenvalue weighted by molar-refractivity contribution is 7.89. The number of rotatable bonds is 5. The smallest absolute Gasteiger partial charge is 0.243 e. The first-order valence-electron chi connectivity index (χ1n) is 10.2. The first-order valence-corrected chi connectivity index (χ1v) is 11.7. The van der Waals surface area contributed by atoms with Crippen LogP contribution in [-0.2, 0) is 24.3 Å². The summed E-state index contributed by atoms with van der Waals surface area (Å²) in [6, 6.07) is 6.36. The maximum atomic E-state index is 12.8. The first-order chi connectivity index (χ1) is 13.9. The van der Waals surface area contributed by atoms with E-state index in [0.717, 1.165) is 25.7 Å². The Morgan fingerprint density at radius 3 is 2.52 bits per heavy atom. The number of likely N-dealkylation sites (tertiary alicyclic amines) is 1. The van der Waals surface area contributed by atoms with Crippen LogP contribution in [0, 0.1) is 11.8 Å². The minimum atomic E-state index is -3.62. The summed E-state index contributed by atoms with van der Waals surface area (Å²) in [6.07, 6.45) is 3.45. The zero-order valence-corrected chi connectivity index (χ0v) is 17.2. The van der Waals surface area contributed by atoms with Gasteiger partial charge in [0.2, 0.25) is 21.8 Å². The van der Waals surface area contributed by atoms with Crippen molar-refractivity contribution < 1.29 is 22.7 Å². The van der Waals surface area contributed by atoms with E-state index in [1.807, 2.05) is 4.90 Å². The van der Waals surface area contributed by atoms with Crippen molar-refractivity contribution in [2.24, 2.45) is 11.8 Å². The van der Waals surface area contributed by atoms with E-state index in [9.17, 15) is 18.0 Å². The van der Waals surface area contributed by atoms with Crippen LogP contribution in [-0.4, -0.2) is 68.8 Å². The van der Waals surface area contributed by atoms with Crippen molar-refractivity contribution in [3.63, 3.8) is 0 Å². The summed E-state index contributed by atoms with van der Waals surface area (Å²) >= 11 is 0. The van der Waals surface area contributed by atoms with E-state index in [1.165, 1.54) is 16.4 Å². The number of nitrogens with zero attached hydrogens (tertiary/aromatic N) is 2. The van der Waals surface area contributed by atoms with Crippen LogP contribution < -0.4 is 5.32 Å². The molecule has 158 valence electrons. The van der Waals surface area contributed by atoms with Gasteiger partial charge in [-0.15, -0.1) is 0 Å². The molecule has 2 saturated heterocycles. The van der Waals surface area contributed by atoms with Crippen LogP contribution in [0.15, 0.2) is 29.2 Å². The van der Waals surface area contributed by atoms with Gasteiger partial charge in [-0.1, -0.05) is 6.07 Å². The zero-order valence-electron chi connectivity index (χ0n) is 16.4. The SMILES string of the molecule is O=C(Nc1cccc(S(=O)(=O)N2CCOCC2)c1)C1CCCN(C(=O)C2CC2)C1. The highest BCUT2D eigenvalue weighted by atomic mass is 32.2. The number of ether oxygens (including phenoxy) is 1. The van der Waals surface area contributed by atoms with Crippen molar-refractivity contribution in [2.75, 3.05) is 44.7 Å². The Labute approximate surface area is 171 Å². The summed E-state index contributed by atoms with van der Waals surface area (Å²) in [7, 11) is -3.62. The molecular weight excluding hydrogens is 394 g/mol. The van der Waals surface area contributed by atoms with Crippen LogP contribution in [0.2, 0.25) is 0 Å². The molecule has 3 fully saturated rings. The number of hydrogen-bond donors (Lipinski definition) is 1. The third-order valence-electron chi connectivity index (χ3n) is 5.74. The van der Waals surface area contributed by atoms with E-state index in [2.05, 4.69) is 5.32 Å². The summed E-state index contributed by atoms with van der Waals surface area (Å²) in [4.78, 5) is 27.0. The zero-order chi connectivity index (χ0) is 20.4. The Morgan fingerprint density at radius 1 is 1.03 bits per heavy atom. The van der Waals surface area contributed by atoms with Gasteiger partial charge in [-0.25, -0.2) is 8.42 Å². The molecule has 0 aromatic heterocycles. The molecule has 29 heavy (non-hydrogen) atoms. The quantitative estimate of drug-likeness (QED) is 0.773. The van der Waals surface area contributed by atoms with Gasteiger partial charge < -0.3 is 15.0 Å². The molecule has 1 unspecified atom stereocenters. The van der Waals surface area contributed by atoms with Gasteiger partial charge in [0.15, 0.2) is 0 Å². The number of benzene rings is 1. The Bertz CT molecular complexity index is 878. The molecular formula is C20H27N3O5S. The van der Waals surface area contributed by atoms with E-state index in [1.54, 1.807) is 12.1 Å². The molecule has 0 radical (unpaired) electrons. The van der Waals surface area contributed by atoms with Crippen molar-refractivity contribution in [2.45, 2.75) is 30.6 Å². The summed E-state index contributed by atoms with van der Waals surface area (Å²) in [5.74, 6) is -0.120. The van der Waals surface area contributed by atoms with Crippen LogP contribution >= 0.6 is 0 Å². The highest BCUT2D eigenvalue weighted by Gasteiger charge is 2.36. The number of anilines is 1. The van der Waals surface area contributed by atoms with E-state index >= 15 is 0 Å². The third kappa shape index (κ3) is 4.62. The fourth-order valence-corrected chi connectivity index (χ4v) is 5.35. The monoisotopic (exact) mass is 421 g/mol. The fraction of sp³-hybridized carbons (Fsp3) is 0.600. The number of amides is 2. The van der Waals surface area contributed by atoms with Gasteiger partial charge in [-0.05, 0) is 43.9 Å². The average Bonchev–Trinajstić information content (AvgIpc) is 3.59. The van der Waals surface area contributed by atoms with E-state index in [4.69, 9.17) is 4.74 Å². The molecule has 1 N–H and O–H groups in total. The van der Waals surface area contributed by atoms with Crippen LogP contribution in [0.1, 0.15) is 25.7 Å². The summed E-state index contributed by atoms with van der Waals surface area (Å²) in [6.45, 7) is 2.57. The van der Waals surface area contributed by atoms with Gasteiger partial charge in [0.05, 0.1) is 24.0 Å². The maximum absolute atomic E-state index is 12.8. The number of carbonyl (C=O) groups is 2. The second-order valence-electron chi connectivity index (χ2n) is 7.93. The third-order valence-corrected chi connectivity index (χ3v) is 7.63. The molecule has 1 aliphatic carbocycles. The molecule has 8 nitrogen and oxygen atoms in total. The molecule has 1 aromatic rings. The van der Waals surface area contributed by atoms with Crippen molar-refractivity contribution in [1.82, 2.24) is 9.21 Å². The lowest BCUT2D eigenvalue weighted by molar-refractivity contribution is -0.135. The molecule has 3 aliphatic rings. The van der Waals surface area contributed by atoms with Crippen molar-refractivity contribution in [1.29, 1.82) is 0 Å². The van der Waals surface area contributed by atoms with Crippen LogP contribution in [0.3, 0.4) is 0 Å². The van der Waals surface area contributed by atoms with E-state index in [0.29, 0.717) is 45.1 Å². The molecule has 0 bridgehead atoms. The molecule has 4 rings (SSSR count). The van der Waals surface area contributed by atoms with Gasteiger partial charge in [0, 0.05) is 37.8 Å². The van der Waals surface area contributed by atoms with Gasteiger partial charge in [-0.3, -0.25) is 9.59 Å². The molecule has 1 atom stereocenters. The molecule has 2 amide bonds. The Balaban J connectivity index is 1.42. The summed E-state index contributed by atoms with van der Waals surface area (Å²) < 4.78 is 32.3. The lowest BCUT2D eigenvalue weighted by atomic mass is 9.96. The lowest BCUT2D eigenvalue weighted by Gasteiger charge is -2.32. The topological polar surface area (TPSA) is 96.0 Å². The fourth-order valence-electron chi connectivity index (χ4n) is 3.89. The predicted molar refractivity (Wildman–Crippen MR) is 107 cm³/mol. The van der Waals surface area contributed by atoms with E-state index in [-0.39, 0.29) is 28.5 Å².